The summed E-state index contributed by atoms with van der Waals surface area (Å²) in [6.45, 7) is 0.838. The second kappa shape index (κ2) is 6.07. The smallest absolute Gasteiger partial charge is 0.269 e. The van der Waals surface area contributed by atoms with Gasteiger partial charge in [0.05, 0.1) is 11.0 Å². The number of benzene rings is 1. The van der Waals surface area contributed by atoms with Gasteiger partial charge in [0.15, 0.2) is 0 Å². The number of nitrogens with zero attached hydrogens (tertiary/aromatic N) is 2. The summed E-state index contributed by atoms with van der Waals surface area (Å²) in [5.41, 5.74) is 5.36. The van der Waals surface area contributed by atoms with Crippen molar-refractivity contribution in [2.45, 2.75) is 38.3 Å². The minimum atomic E-state index is -0.350. The number of fused-ring (bicyclic) bond motifs is 5. The monoisotopic (exact) mass is 365 g/mol. The summed E-state index contributed by atoms with van der Waals surface area (Å²) >= 11 is 1.94. The third kappa shape index (κ3) is 2.40. The third-order valence-corrected chi connectivity index (χ3v) is 6.81. The first-order chi connectivity index (χ1) is 12.7. The fraction of sp³-hybridized carbons (Fsp3) is 0.300. The summed E-state index contributed by atoms with van der Waals surface area (Å²) in [4.78, 5) is 12.1. The molecule has 132 valence electrons. The van der Waals surface area contributed by atoms with Crippen LogP contribution in [0.5, 0.6) is 0 Å². The van der Waals surface area contributed by atoms with Crippen LogP contribution in [-0.2, 0) is 19.4 Å². The molecule has 5 rings (SSSR count). The van der Waals surface area contributed by atoms with E-state index >= 15 is 0 Å². The lowest BCUT2D eigenvalue weighted by Crippen LogP contribution is -2.21. The molecular formula is C20H19N3O2S. The number of thiophene rings is 1. The Morgan fingerprint density at radius 2 is 1.92 bits per heavy atom. The number of rotatable bonds is 2. The summed E-state index contributed by atoms with van der Waals surface area (Å²) in [6, 6.07) is 11.2. The molecule has 1 N–H and O–H groups in total. The molecule has 1 aliphatic carbocycles. The van der Waals surface area contributed by atoms with E-state index in [4.69, 9.17) is 0 Å². The van der Waals surface area contributed by atoms with Crippen molar-refractivity contribution in [2.75, 3.05) is 0 Å². The van der Waals surface area contributed by atoms with Gasteiger partial charge in [-0.3, -0.25) is 10.1 Å². The lowest BCUT2D eigenvalue weighted by atomic mass is 9.95. The number of nitro groups is 1. The molecule has 0 fully saturated rings. The van der Waals surface area contributed by atoms with Gasteiger partial charge in [-0.15, -0.1) is 11.3 Å². The predicted octanol–water partition coefficient (Wildman–Crippen LogP) is 4.52. The summed E-state index contributed by atoms with van der Waals surface area (Å²) in [6.07, 6.45) is 7.10. The second-order valence-corrected chi connectivity index (χ2v) is 8.04. The quantitative estimate of drug-likeness (QED) is 0.537. The summed E-state index contributed by atoms with van der Waals surface area (Å²) in [5, 5.41) is 16.0. The van der Waals surface area contributed by atoms with Crippen LogP contribution in [0.2, 0.25) is 0 Å². The van der Waals surface area contributed by atoms with Gasteiger partial charge in [-0.1, -0.05) is 12.1 Å². The molecule has 0 saturated heterocycles. The van der Waals surface area contributed by atoms with Crippen LogP contribution in [-0.4, -0.2) is 9.49 Å². The second-order valence-electron chi connectivity index (χ2n) is 6.96. The van der Waals surface area contributed by atoms with Gasteiger partial charge < -0.3 is 9.88 Å². The fourth-order valence-electron chi connectivity index (χ4n) is 4.19. The number of aromatic nitrogens is 1. The van der Waals surface area contributed by atoms with Crippen LogP contribution in [0, 0.1) is 10.1 Å². The van der Waals surface area contributed by atoms with Crippen molar-refractivity contribution in [2.24, 2.45) is 0 Å². The van der Waals surface area contributed by atoms with Crippen LogP contribution in [0.1, 0.15) is 46.1 Å². The Morgan fingerprint density at radius 1 is 1.12 bits per heavy atom. The number of aryl methyl sites for hydroxylation is 1. The Bertz CT molecular complexity index is 987. The number of hydrogen-bond donors (Lipinski definition) is 1. The van der Waals surface area contributed by atoms with E-state index in [1.165, 1.54) is 41.9 Å². The zero-order valence-corrected chi connectivity index (χ0v) is 15.1. The number of hydrogen-bond acceptors (Lipinski definition) is 4. The SMILES string of the molecule is O=[N+]([O-])c1ccc(C2NCc3c(sc4c3CCCC4)-n3cccc32)cc1. The number of nitrogens with one attached hydrogen (secondary N) is 1. The highest BCUT2D eigenvalue weighted by Gasteiger charge is 2.28. The lowest BCUT2D eigenvalue weighted by molar-refractivity contribution is -0.384. The molecule has 1 unspecified atom stereocenters. The fourth-order valence-corrected chi connectivity index (χ4v) is 5.61. The van der Waals surface area contributed by atoms with Crippen LogP contribution in [0.3, 0.4) is 0 Å². The largest absolute Gasteiger partial charge is 0.310 e. The van der Waals surface area contributed by atoms with Gasteiger partial charge in [-0.2, -0.15) is 0 Å². The van der Waals surface area contributed by atoms with Gasteiger partial charge in [0, 0.05) is 41.0 Å². The summed E-state index contributed by atoms with van der Waals surface area (Å²) in [7, 11) is 0. The minimum Gasteiger partial charge on any atom is -0.310 e. The van der Waals surface area contributed by atoms with E-state index in [0.717, 1.165) is 12.1 Å². The highest BCUT2D eigenvalue weighted by Crippen LogP contribution is 2.40. The molecule has 0 amide bonds. The first kappa shape index (κ1) is 15.8. The molecule has 5 nitrogen and oxygen atoms in total. The van der Waals surface area contributed by atoms with Gasteiger partial charge >= 0.3 is 0 Å². The molecule has 3 heterocycles. The third-order valence-electron chi connectivity index (χ3n) is 5.47. The van der Waals surface area contributed by atoms with Crippen molar-refractivity contribution in [1.29, 1.82) is 0 Å². The first-order valence-electron chi connectivity index (χ1n) is 9.01. The van der Waals surface area contributed by atoms with Crippen molar-refractivity contribution in [3.63, 3.8) is 0 Å². The lowest BCUT2D eigenvalue weighted by Gasteiger charge is -2.18. The molecule has 1 aliphatic heterocycles. The molecule has 2 aliphatic rings. The van der Waals surface area contributed by atoms with E-state index in [9.17, 15) is 10.1 Å². The van der Waals surface area contributed by atoms with E-state index in [0.29, 0.717) is 0 Å². The molecule has 3 aromatic rings. The number of non-ortho nitro benzene ring substituents is 1. The topological polar surface area (TPSA) is 60.1 Å². The Kier molecular flexibility index (Phi) is 3.69. The molecule has 0 saturated carbocycles. The Hall–Kier alpha value is -2.44. The van der Waals surface area contributed by atoms with Crippen LogP contribution in [0.25, 0.3) is 5.00 Å². The molecule has 0 bridgehead atoms. The molecule has 6 heteroatoms. The first-order valence-corrected chi connectivity index (χ1v) is 9.83. The average Bonchev–Trinajstić information content (AvgIpc) is 3.24. The van der Waals surface area contributed by atoms with E-state index in [2.05, 4.69) is 28.2 Å². The molecule has 1 aromatic carbocycles. The zero-order valence-electron chi connectivity index (χ0n) is 14.3. The van der Waals surface area contributed by atoms with Crippen LogP contribution >= 0.6 is 11.3 Å². The molecular weight excluding hydrogens is 346 g/mol. The van der Waals surface area contributed by atoms with Gasteiger partial charge in [-0.25, -0.2) is 0 Å². The molecule has 26 heavy (non-hydrogen) atoms. The maximum Gasteiger partial charge on any atom is 0.269 e. The maximum atomic E-state index is 10.9. The molecule has 0 spiro atoms. The van der Waals surface area contributed by atoms with Crippen molar-refractivity contribution in [3.8, 4) is 5.00 Å². The Balaban J connectivity index is 1.58. The Labute approximate surface area is 155 Å². The van der Waals surface area contributed by atoms with Crippen molar-refractivity contribution < 1.29 is 4.92 Å². The minimum absolute atomic E-state index is 0.0321. The van der Waals surface area contributed by atoms with E-state index in [1.807, 2.05) is 23.5 Å². The average molecular weight is 365 g/mol. The van der Waals surface area contributed by atoms with Crippen molar-refractivity contribution in [3.05, 3.63) is 80.0 Å². The highest BCUT2D eigenvalue weighted by atomic mass is 32.1. The normalized spacial score (nSPS) is 18.5. The van der Waals surface area contributed by atoms with Gasteiger partial charge in [0.25, 0.3) is 5.69 Å². The van der Waals surface area contributed by atoms with Gasteiger partial charge in [0.2, 0.25) is 0 Å². The molecule has 2 aromatic heterocycles. The van der Waals surface area contributed by atoms with Crippen molar-refractivity contribution in [1.82, 2.24) is 9.88 Å². The van der Waals surface area contributed by atoms with Crippen molar-refractivity contribution >= 4 is 17.0 Å². The van der Waals surface area contributed by atoms with Crippen LogP contribution < -0.4 is 5.32 Å². The molecule has 1 atom stereocenters. The molecule has 0 radical (unpaired) electrons. The van der Waals surface area contributed by atoms with Crippen LogP contribution in [0.15, 0.2) is 42.6 Å². The standard InChI is InChI=1S/C20H19N3O2S/c24-23(25)14-9-7-13(8-10-14)19-17-5-3-11-22(17)20-16(12-21-19)15-4-1-2-6-18(15)26-20/h3,5,7-11,19,21H,1-2,4,6,12H2. The number of nitro benzene ring substituents is 1. The summed E-state index contributed by atoms with van der Waals surface area (Å²) in [5.74, 6) is 0. The summed E-state index contributed by atoms with van der Waals surface area (Å²) < 4.78 is 2.31. The predicted molar refractivity (Wildman–Crippen MR) is 102 cm³/mol. The van der Waals surface area contributed by atoms with Gasteiger partial charge in [0.1, 0.15) is 5.00 Å². The maximum absolute atomic E-state index is 10.9. The van der Waals surface area contributed by atoms with E-state index in [-0.39, 0.29) is 16.7 Å². The van der Waals surface area contributed by atoms with Gasteiger partial charge in [-0.05, 0) is 48.9 Å². The zero-order chi connectivity index (χ0) is 17.7. The highest BCUT2D eigenvalue weighted by molar-refractivity contribution is 7.15. The Morgan fingerprint density at radius 3 is 2.73 bits per heavy atom. The van der Waals surface area contributed by atoms with E-state index < -0.39 is 0 Å². The van der Waals surface area contributed by atoms with E-state index in [1.54, 1.807) is 22.6 Å². The van der Waals surface area contributed by atoms with Crippen LogP contribution in [0.4, 0.5) is 5.69 Å².